The van der Waals surface area contributed by atoms with E-state index in [0.717, 1.165) is 5.56 Å². The monoisotopic (exact) mass is 376 g/mol. The maximum atomic E-state index is 11.8. The Hall–Kier alpha value is -1.25. The molecular formula is C21H20FeO3. The average Bonchev–Trinajstić information content (AvgIpc) is 3.35. The Morgan fingerprint density at radius 3 is 1.92 bits per heavy atom. The van der Waals surface area contributed by atoms with Gasteiger partial charge in [0.05, 0.1) is 20.1 Å². The van der Waals surface area contributed by atoms with E-state index in [1.165, 1.54) is 0 Å². The van der Waals surface area contributed by atoms with Crippen LogP contribution in [0.2, 0.25) is 0 Å². The molecule has 2 saturated carbocycles. The quantitative estimate of drug-likeness (QED) is 0.581. The minimum absolute atomic E-state index is 0. The van der Waals surface area contributed by atoms with Crippen molar-refractivity contribution in [1.82, 2.24) is 0 Å². The minimum atomic E-state index is -0.0141. The van der Waals surface area contributed by atoms with Crippen LogP contribution in [0.5, 0.6) is 11.5 Å². The second-order valence-electron chi connectivity index (χ2n) is 4.95. The first-order valence-electron chi connectivity index (χ1n) is 7.57. The van der Waals surface area contributed by atoms with E-state index in [-0.39, 0.29) is 22.9 Å². The fraction of sp³-hybridized carbons (Fsp3) is 0.0952. The van der Waals surface area contributed by atoms with Gasteiger partial charge in [0.2, 0.25) is 0 Å². The number of ether oxygens (including phenoxy) is 2. The molecule has 0 aliphatic heterocycles. The van der Waals surface area contributed by atoms with Crippen molar-refractivity contribution < 1.29 is 31.3 Å². The molecule has 0 aromatic heterocycles. The molecule has 0 saturated heterocycles. The van der Waals surface area contributed by atoms with E-state index in [4.69, 9.17) is 9.47 Å². The Kier molecular flexibility index (Phi) is 10.6. The van der Waals surface area contributed by atoms with Crippen LogP contribution in [-0.2, 0) is 21.9 Å². The Morgan fingerprint density at radius 1 is 0.840 bits per heavy atom. The number of carbonyl (C=O) groups is 1. The summed E-state index contributed by atoms with van der Waals surface area (Å²) >= 11 is 0. The van der Waals surface area contributed by atoms with Gasteiger partial charge >= 0.3 is 0 Å². The Balaban J connectivity index is 0.000000448. The molecule has 10 radical (unpaired) electrons. The van der Waals surface area contributed by atoms with E-state index in [9.17, 15) is 4.79 Å². The molecule has 4 heteroatoms. The van der Waals surface area contributed by atoms with Crippen molar-refractivity contribution >= 4 is 11.9 Å². The van der Waals surface area contributed by atoms with Gasteiger partial charge in [0.15, 0.2) is 17.3 Å². The molecule has 2 fully saturated rings. The zero-order valence-corrected chi connectivity index (χ0v) is 15.3. The van der Waals surface area contributed by atoms with Crippen LogP contribution in [0.25, 0.3) is 6.08 Å². The summed E-state index contributed by atoms with van der Waals surface area (Å²) in [5.41, 5.74) is 0.887. The van der Waals surface area contributed by atoms with Crippen LogP contribution in [-0.4, -0.2) is 20.0 Å². The summed E-state index contributed by atoms with van der Waals surface area (Å²) in [6.07, 6.45) is 20.6. The molecule has 0 spiro atoms. The fourth-order valence-electron chi connectivity index (χ4n) is 2.08. The van der Waals surface area contributed by atoms with E-state index in [1.54, 1.807) is 39.2 Å². The number of carbonyl (C=O) groups excluding carboxylic acids is 1. The molecule has 0 heterocycles. The van der Waals surface area contributed by atoms with Crippen molar-refractivity contribution in [3.05, 3.63) is 93.5 Å². The summed E-state index contributed by atoms with van der Waals surface area (Å²) in [6.45, 7) is 0. The van der Waals surface area contributed by atoms with Gasteiger partial charge in [-0.1, -0.05) is 12.1 Å². The van der Waals surface area contributed by atoms with Crippen molar-refractivity contribution in [2.45, 2.75) is 0 Å². The minimum Gasteiger partial charge on any atom is -0.493 e. The third-order valence-corrected chi connectivity index (χ3v) is 3.34. The first-order chi connectivity index (χ1) is 11.7. The first kappa shape index (κ1) is 21.8. The van der Waals surface area contributed by atoms with Gasteiger partial charge < -0.3 is 9.47 Å². The van der Waals surface area contributed by atoms with Crippen LogP contribution in [0.15, 0.2) is 24.3 Å². The Morgan fingerprint density at radius 2 is 1.40 bits per heavy atom. The third kappa shape index (κ3) is 7.25. The summed E-state index contributed by atoms with van der Waals surface area (Å²) < 4.78 is 10.4. The van der Waals surface area contributed by atoms with E-state index >= 15 is 0 Å². The van der Waals surface area contributed by atoms with Gasteiger partial charge in [0.1, 0.15) is 0 Å². The summed E-state index contributed by atoms with van der Waals surface area (Å²) in [4.78, 5) is 11.8. The number of hydrogen-bond donors (Lipinski definition) is 0. The molecule has 2 aliphatic rings. The van der Waals surface area contributed by atoms with Gasteiger partial charge in [-0.25, -0.2) is 0 Å². The number of benzene rings is 1. The van der Waals surface area contributed by atoms with Gasteiger partial charge in [0.25, 0.3) is 0 Å². The topological polar surface area (TPSA) is 35.5 Å². The van der Waals surface area contributed by atoms with E-state index in [2.05, 4.69) is 0 Å². The molecular weight excluding hydrogens is 356 g/mol. The largest absolute Gasteiger partial charge is 0.493 e. The molecule has 0 unspecified atom stereocenters. The smallest absolute Gasteiger partial charge is 0.163 e. The molecule has 1 aromatic rings. The second-order valence-corrected chi connectivity index (χ2v) is 4.95. The number of allylic oxidation sites excluding steroid dienone is 1. The van der Waals surface area contributed by atoms with Crippen molar-refractivity contribution in [3.8, 4) is 11.5 Å². The Bertz CT molecular complexity index is 536. The maximum absolute atomic E-state index is 11.8. The van der Waals surface area contributed by atoms with Crippen LogP contribution in [0.1, 0.15) is 5.56 Å². The number of ketones is 1. The maximum Gasteiger partial charge on any atom is 0.163 e. The van der Waals surface area contributed by atoms with Crippen molar-refractivity contribution in [3.63, 3.8) is 0 Å². The van der Waals surface area contributed by atoms with Crippen LogP contribution < -0.4 is 9.47 Å². The van der Waals surface area contributed by atoms with Crippen LogP contribution in [0, 0.1) is 63.7 Å². The molecule has 25 heavy (non-hydrogen) atoms. The van der Waals surface area contributed by atoms with E-state index in [1.807, 2.05) is 63.1 Å². The van der Waals surface area contributed by atoms with Crippen molar-refractivity contribution in [1.29, 1.82) is 0 Å². The normalized spacial score (nSPS) is 16.9. The molecule has 0 bridgehead atoms. The molecule has 3 nitrogen and oxygen atoms in total. The summed E-state index contributed by atoms with van der Waals surface area (Å²) in [6, 6.07) is 5.51. The number of hydrogen-bond acceptors (Lipinski definition) is 3. The predicted molar refractivity (Wildman–Crippen MR) is 95.5 cm³/mol. The fourth-order valence-corrected chi connectivity index (χ4v) is 2.08. The van der Waals surface area contributed by atoms with Crippen molar-refractivity contribution in [2.75, 3.05) is 14.2 Å². The first-order valence-corrected chi connectivity index (χ1v) is 7.57. The van der Waals surface area contributed by atoms with Gasteiger partial charge in [0, 0.05) is 17.1 Å². The molecule has 0 amide bonds. The summed E-state index contributed by atoms with van der Waals surface area (Å²) in [5.74, 6) is 1.99. The SMILES string of the molecule is COc1ccc(/C=C/C(=O)[C]2[CH][CH][CH][CH]2)cc1OC.[CH]1[CH][CH][CH][CH]1.[Fe]. The molecule has 3 rings (SSSR count). The zero-order chi connectivity index (χ0) is 17.2. The summed E-state index contributed by atoms with van der Waals surface area (Å²) in [7, 11) is 3.17. The molecule has 130 valence electrons. The molecule has 1 aromatic carbocycles. The van der Waals surface area contributed by atoms with Crippen LogP contribution in [0.4, 0.5) is 0 Å². The third-order valence-electron chi connectivity index (χ3n) is 3.34. The van der Waals surface area contributed by atoms with Crippen LogP contribution in [0.3, 0.4) is 0 Å². The van der Waals surface area contributed by atoms with Crippen molar-refractivity contribution in [2.24, 2.45) is 0 Å². The molecule has 0 atom stereocenters. The molecule has 2 aliphatic carbocycles. The van der Waals surface area contributed by atoms with Gasteiger partial charge in [-0.05, 0) is 81.6 Å². The predicted octanol–water partition coefficient (Wildman–Crippen LogP) is 3.71. The zero-order valence-electron chi connectivity index (χ0n) is 14.2. The second kappa shape index (κ2) is 12.2. The van der Waals surface area contributed by atoms with Crippen LogP contribution >= 0.6 is 0 Å². The van der Waals surface area contributed by atoms with E-state index in [0.29, 0.717) is 17.4 Å². The van der Waals surface area contributed by atoms with E-state index < -0.39 is 0 Å². The Labute approximate surface area is 162 Å². The number of rotatable bonds is 5. The van der Waals surface area contributed by atoms with Gasteiger partial charge in [-0.2, -0.15) is 0 Å². The average molecular weight is 376 g/mol. The summed E-state index contributed by atoms with van der Waals surface area (Å²) in [5, 5.41) is 0. The number of methoxy groups -OCH3 is 2. The molecule has 0 N–H and O–H groups in total. The standard InChI is InChI=1S/C16H15O3.C5H5.Fe/c1-18-15-10-8-12(11-16(15)19-2)7-9-14(17)13-5-3-4-6-13;1-2-4-5-3-1;/h3-11H,1-2H3;1-5H;/b9-7+;;. The van der Waals surface area contributed by atoms with Gasteiger partial charge in [-0.3, -0.25) is 4.79 Å². The van der Waals surface area contributed by atoms with Gasteiger partial charge in [-0.15, -0.1) is 0 Å².